The van der Waals surface area contributed by atoms with Crippen LogP contribution in [0, 0.1) is 11.7 Å². The van der Waals surface area contributed by atoms with E-state index in [1.165, 1.54) is 18.2 Å². The quantitative estimate of drug-likeness (QED) is 0.693. The van der Waals surface area contributed by atoms with Gasteiger partial charge in [0.25, 0.3) is 5.91 Å². The zero-order valence-electron chi connectivity index (χ0n) is 11.6. The number of amides is 2. The molecule has 0 heterocycles. The summed E-state index contributed by atoms with van der Waals surface area (Å²) in [6.07, 6.45) is -0.0457. The van der Waals surface area contributed by atoms with Crippen LogP contribution in [0.2, 0.25) is 0 Å². The fraction of sp³-hybridized carbons (Fsp3) is 0.357. The lowest BCUT2D eigenvalue weighted by Crippen LogP contribution is -2.38. The summed E-state index contributed by atoms with van der Waals surface area (Å²) in [6.45, 7) is 1.65. The molecule has 21 heavy (non-hydrogen) atoms. The maximum absolute atomic E-state index is 12.9. The first-order valence-electron chi connectivity index (χ1n) is 6.40. The van der Waals surface area contributed by atoms with Crippen LogP contribution in [-0.4, -0.2) is 36.0 Å². The molecule has 0 aliphatic heterocycles. The van der Waals surface area contributed by atoms with E-state index in [2.05, 4.69) is 10.6 Å². The molecule has 0 saturated carbocycles. The van der Waals surface area contributed by atoms with Gasteiger partial charge in [-0.05, 0) is 24.1 Å². The predicted octanol–water partition coefficient (Wildman–Crippen LogP) is 0.782. The zero-order chi connectivity index (χ0) is 15.8. The maximum Gasteiger partial charge on any atom is 0.303 e. The predicted molar refractivity (Wildman–Crippen MR) is 73.2 cm³/mol. The van der Waals surface area contributed by atoms with Gasteiger partial charge in [0.1, 0.15) is 5.82 Å². The second-order valence-electron chi connectivity index (χ2n) is 4.70. The summed E-state index contributed by atoms with van der Waals surface area (Å²) < 4.78 is 12.9. The van der Waals surface area contributed by atoms with Crippen molar-refractivity contribution in [2.75, 3.05) is 13.1 Å². The van der Waals surface area contributed by atoms with Gasteiger partial charge in [-0.1, -0.05) is 13.0 Å². The van der Waals surface area contributed by atoms with Crippen molar-refractivity contribution in [1.29, 1.82) is 0 Å². The van der Waals surface area contributed by atoms with Gasteiger partial charge in [-0.25, -0.2) is 4.39 Å². The monoisotopic (exact) mass is 296 g/mol. The molecule has 1 rings (SSSR count). The second-order valence-corrected chi connectivity index (χ2v) is 4.70. The van der Waals surface area contributed by atoms with Crippen LogP contribution < -0.4 is 10.6 Å². The van der Waals surface area contributed by atoms with Crippen LogP contribution in [0.1, 0.15) is 23.7 Å². The molecule has 2 amide bonds. The molecular formula is C14H17FN2O4. The molecule has 1 aromatic rings. The first-order valence-corrected chi connectivity index (χ1v) is 6.40. The number of benzene rings is 1. The van der Waals surface area contributed by atoms with Gasteiger partial charge in [-0.2, -0.15) is 0 Å². The van der Waals surface area contributed by atoms with E-state index in [1.54, 1.807) is 6.92 Å². The minimum atomic E-state index is -0.934. The van der Waals surface area contributed by atoms with Crippen LogP contribution in [0.25, 0.3) is 0 Å². The van der Waals surface area contributed by atoms with Gasteiger partial charge in [0, 0.05) is 18.5 Å². The Kier molecular flexibility index (Phi) is 6.32. The smallest absolute Gasteiger partial charge is 0.303 e. The molecule has 0 saturated heterocycles. The Morgan fingerprint density at radius 3 is 2.62 bits per heavy atom. The highest BCUT2D eigenvalue weighted by atomic mass is 19.1. The molecule has 0 bridgehead atoms. The second kappa shape index (κ2) is 7.98. The summed E-state index contributed by atoms with van der Waals surface area (Å²) in [5, 5.41) is 13.4. The van der Waals surface area contributed by atoms with E-state index in [4.69, 9.17) is 5.11 Å². The first kappa shape index (κ1) is 16.6. The fourth-order valence-corrected chi connectivity index (χ4v) is 1.61. The minimum absolute atomic E-state index is 0.0457. The van der Waals surface area contributed by atoms with Crippen LogP contribution in [0.15, 0.2) is 24.3 Å². The molecule has 1 atom stereocenters. The van der Waals surface area contributed by atoms with E-state index >= 15 is 0 Å². The van der Waals surface area contributed by atoms with Crippen LogP contribution in [0.3, 0.4) is 0 Å². The summed E-state index contributed by atoms with van der Waals surface area (Å²) in [6, 6.07) is 5.12. The Balaban J connectivity index is 2.33. The normalized spacial score (nSPS) is 11.5. The van der Waals surface area contributed by atoms with E-state index in [1.807, 2.05) is 0 Å². The Morgan fingerprint density at radius 1 is 1.29 bits per heavy atom. The number of rotatable bonds is 7. The van der Waals surface area contributed by atoms with Crippen molar-refractivity contribution in [1.82, 2.24) is 10.6 Å². The lowest BCUT2D eigenvalue weighted by atomic mass is 10.1. The van der Waals surface area contributed by atoms with Crippen molar-refractivity contribution < 1.29 is 23.9 Å². The number of carbonyl (C=O) groups excluding carboxylic acids is 2. The van der Waals surface area contributed by atoms with E-state index < -0.39 is 23.6 Å². The first-order chi connectivity index (χ1) is 9.88. The molecule has 1 aromatic carbocycles. The molecule has 0 aromatic heterocycles. The molecule has 0 aliphatic rings. The number of halogens is 1. The number of carboxylic acid groups (broad SMARTS) is 1. The molecule has 3 N–H and O–H groups in total. The number of aliphatic carboxylic acids is 1. The van der Waals surface area contributed by atoms with Crippen LogP contribution >= 0.6 is 0 Å². The van der Waals surface area contributed by atoms with Crippen LogP contribution in [-0.2, 0) is 9.59 Å². The number of carboxylic acids is 1. The molecule has 6 nitrogen and oxygen atoms in total. The summed E-state index contributed by atoms with van der Waals surface area (Å²) in [5.74, 6) is -2.66. The highest BCUT2D eigenvalue weighted by Crippen LogP contribution is 2.03. The van der Waals surface area contributed by atoms with Crippen molar-refractivity contribution in [2.45, 2.75) is 13.3 Å². The highest BCUT2D eigenvalue weighted by Gasteiger charge is 2.11. The SMILES string of the molecule is CC(CNC(=O)CNC(=O)c1cccc(F)c1)CC(=O)O. The maximum atomic E-state index is 12.9. The Hall–Kier alpha value is -2.44. The number of nitrogens with one attached hydrogen (secondary N) is 2. The molecule has 0 spiro atoms. The molecule has 1 unspecified atom stereocenters. The molecule has 0 aliphatic carbocycles. The number of carbonyl (C=O) groups is 3. The molecular weight excluding hydrogens is 279 g/mol. The van der Waals surface area contributed by atoms with Crippen molar-refractivity contribution >= 4 is 17.8 Å². The zero-order valence-corrected chi connectivity index (χ0v) is 11.6. The van der Waals surface area contributed by atoms with Crippen molar-refractivity contribution in [3.63, 3.8) is 0 Å². The lowest BCUT2D eigenvalue weighted by molar-refractivity contribution is -0.138. The van der Waals surface area contributed by atoms with Crippen molar-refractivity contribution in [3.05, 3.63) is 35.6 Å². The van der Waals surface area contributed by atoms with Gasteiger partial charge in [-0.15, -0.1) is 0 Å². The van der Waals surface area contributed by atoms with Gasteiger partial charge in [-0.3, -0.25) is 14.4 Å². The summed E-state index contributed by atoms with van der Waals surface area (Å²) in [4.78, 5) is 33.6. The molecule has 0 fully saturated rings. The van der Waals surface area contributed by atoms with Gasteiger partial charge in [0.05, 0.1) is 6.54 Å². The third-order valence-electron chi connectivity index (χ3n) is 2.67. The summed E-state index contributed by atoms with van der Waals surface area (Å²) in [5.41, 5.74) is 0.127. The third-order valence-corrected chi connectivity index (χ3v) is 2.67. The van der Waals surface area contributed by atoms with E-state index in [0.717, 1.165) is 6.07 Å². The largest absolute Gasteiger partial charge is 0.481 e. The van der Waals surface area contributed by atoms with Gasteiger partial charge >= 0.3 is 5.97 Å². The topological polar surface area (TPSA) is 95.5 Å². The van der Waals surface area contributed by atoms with Crippen molar-refractivity contribution in [2.24, 2.45) is 5.92 Å². The van der Waals surface area contributed by atoms with E-state index in [9.17, 15) is 18.8 Å². The molecule has 0 radical (unpaired) electrons. The molecule has 114 valence electrons. The third kappa shape index (κ3) is 6.51. The molecule has 7 heteroatoms. The number of hydrogen-bond acceptors (Lipinski definition) is 3. The van der Waals surface area contributed by atoms with E-state index in [0.29, 0.717) is 0 Å². The summed E-state index contributed by atoms with van der Waals surface area (Å²) >= 11 is 0. The number of hydrogen-bond donors (Lipinski definition) is 3. The Labute approximate surface area is 121 Å². The fourth-order valence-electron chi connectivity index (χ4n) is 1.61. The van der Waals surface area contributed by atoms with E-state index in [-0.39, 0.29) is 31.0 Å². The van der Waals surface area contributed by atoms with Crippen LogP contribution in [0.5, 0.6) is 0 Å². The van der Waals surface area contributed by atoms with Gasteiger partial charge in [0.15, 0.2) is 0 Å². The Bertz CT molecular complexity index is 533. The van der Waals surface area contributed by atoms with Crippen LogP contribution in [0.4, 0.5) is 4.39 Å². The van der Waals surface area contributed by atoms with Crippen molar-refractivity contribution in [3.8, 4) is 0 Å². The Morgan fingerprint density at radius 2 is 2.00 bits per heavy atom. The average molecular weight is 296 g/mol. The summed E-state index contributed by atoms with van der Waals surface area (Å²) in [7, 11) is 0. The lowest BCUT2D eigenvalue weighted by Gasteiger charge is -2.11. The van der Waals surface area contributed by atoms with Gasteiger partial charge in [0.2, 0.25) is 5.91 Å². The van der Waals surface area contributed by atoms with Gasteiger partial charge < -0.3 is 15.7 Å². The highest BCUT2D eigenvalue weighted by molar-refractivity contribution is 5.96. The standard InChI is InChI=1S/C14H17FN2O4/c1-9(5-13(19)20)7-16-12(18)8-17-14(21)10-3-2-4-11(15)6-10/h2-4,6,9H,5,7-8H2,1H3,(H,16,18)(H,17,21)(H,19,20). The minimum Gasteiger partial charge on any atom is -0.481 e. The average Bonchev–Trinajstić information content (AvgIpc) is 2.41.